The van der Waals surface area contributed by atoms with Crippen LogP contribution in [0.2, 0.25) is 0 Å². The third-order valence-corrected chi connectivity index (χ3v) is 10.2. The number of carboxylic acids is 1. The minimum Gasteiger partial charge on any atom is -0.481 e. The molecule has 9 N–H and O–H groups in total. The van der Waals surface area contributed by atoms with Crippen molar-refractivity contribution < 1.29 is 69.1 Å². The quantitative estimate of drug-likeness (QED) is 0.179. The summed E-state index contributed by atoms with van der Waals surface area (Å²) in [6.07, 6.45) is 2.99. The molecule has 15 nitrogen and oxygen atoms in total. The number of Topliss-reactive ketones (excluding diaryl/α,β-unsaturated/α-hetero) is 1. The molecule has 0 spiro atoms. The van der Waals surface area contributed by atoms with E-state index in [1.807, 2.05) is 13.0 Å². The van der Waals surface area contributed by atoms with Crippen molar-refractivity contribution in [2.24, 2.45) is 17.6 Å². The third kappa shape index (κ3) is 13.7. The molecule has 3 aliphatic rings. The molecule has 2 fully saturated rings. The molecule has 3 aliphatic heterocycles. The van der Waals surface area contributed by atoms with Gasteiger partial charge in [0.1, 0.15) is 23.9 Å². The molecule has 3 heterocycles. The fourth-order valence-corrected chi connectivity index (χ4v) is 7.15. The second kappa shape index (κ2) is 22.0. The summed E-state index contributed by atoms with van der Waals surface area (Å²) >= 11 is 0. The Bertz CT molecular complexity index is 1320. The Morgan fingerprint density at radius 2 is 1.67 bits per heavy atom. The number of carbonyl (C=O) groups excluding carboxylic acids is 2. The highest BCUT2D eigenvalue weighted by Crippen LogP contribution is 2.38. The van der Waals surface area contributed by atoms with Gasteiger partial charge in [0.05, 0.1) is 54.7 Å². The van der Waals surface area contributed by atoms with Crippen LogP contribution in [0, 0.1) is 11.8 Å². The monoisotopic (exact) mass is 767 g/mol. The van der Waals surface area contributed by atoms with E-state index < -0.39 is 110 Å². The summed E-state index contributed by atoms with van der Waals surface area (Å²) in [7, 11) is 0. The molecule has 3 rings (SSSR count). The van der Waals surface area contributed by atoms with Crippen LogP contribution in [0.5, 0.6) is 0 Å². The molecule has 2 bridgehead atoms. The lowest BCUT2D eigenvalue weighted by Crippen LogP contribution is -2.61. The van der Waals surface area contributed by atoms with Gasteiger partial charge in [-0.15, -0.1) is 0 Å². The van der Waals surface area contributed by atoms with Crippen molar-refractivity contribution >= 4 is 17.7 Å². The summed E-state index contributed by atoms with van der Waals surface area (Å²) in [4.78, 5) is 38.2. The maximum atomic E-state index is 13.0. The first kappa shape index (κ1) is 45.6. The Hall–Kier alpha value is -2.83. The molecule has 14 unspecified atom stereocenters. The third-order valence-electron chi connectivity index (χ3n) is 10.2. The Morgan fingerprint density at radius 1 is 0.981 bits per heavy atom. The highest BCUT2D eigenvalue weighted by molar-refractivity contribution is 5.80. The molecule has 0 aromatic heterocycles. The van der Waals surface area contributed by atoms with Crippen LogP contribution < -0.4 is 5.73 Å². The Kier molecular flexibility index (Phi) is 18.6. The van der Waals surface area contributed by atoms with Crippen molar-refractivity contribution in [3.63, 3.8) is 0 Å². The summed E-state index contributed by atoms with van der Waals surface area (Å²) in [5.41, 5.74) is 6.00. The van der Waals surface area contributed by atoms with Crippen molar-refractivity contribution in [2.75, 3.05) is 0 Å². The lowest BCUT2D eigenvalue weighted by molar-refractivity contribution is -0.308. The number of carboxylic acid groups (broad SMARTS) is 1. The molecular weight excluding hydrogens is 706 g/mol. The zero-order chi connectivity index (χ0) is 40.0. The zero-order valence-electron chi connectivity index (χ0n) is 31.5. The van der Waals surface area contributed by atoms with Gasteiger partial charge < -0.3 is 60.4 Å². The maximum Gasteiger partial charge on any atom is 0.311 e. The molecule has 0 amide bonds. The molecule has 0 aromatic carbocycles. The first-order valence-electron chi connectivity index (χ1n) is 19.1. The van der Waals surface area contributed by atoms with E-state index in [0.29, 0.717) is 12.8 Å². The van der Waals surface area contributed by atoms with E-state index in [2.05, 4.69) is 0 Å². The standard InChI is InChI=1S/C39H61NO14/c1-4-14-26-17-11-9-7-6-8-10-12-18-27(53-38-35(46)33(40)34(45)23(3)51-38)20-31-32(36(47)48)30(44)22-39(50,54-31)21-25(42)16-13-15-24(41)19-29(43)28(5-2)37(49)52-26/h6-12,18,23,25-35,38,42-46,50H,4-5,13-17,19-22,40H2,1-3H3,(H,47,48). The molecule has 15 heteroatoms. The van der Waals surface area contributed by atoms with Crippen LogP contribution in [0.3, 0.4) is 0 Å². The minimum absolute atomic E-state index is 0.0177. The number of fused-ring (bicyclic) bond motifs is 2. The summed E-state index contributed by atoms with van der Waals surface area (Å²) in [6.45, 7) is 5.27. The van der Waals surface area contributed by atoms with Crippen molar-refractivity contribution in [3.8, 4) is 0 Å². The van der Waals surface area contributed by atoms with Gasteiger partial charge in [-0.05, 0) is 32.6 Å². The van der Waals surface area contributed by atoms with Gasteiger partial charge in [0.25, 0.3) is 0 Å². The normalized spacial score (nSPS) is 39.9. The fraction of sp³-hybridized carbons (Fsp3) is 0.718. The minimum atomic E-state index is -2.15. The summed E-state index contributed by atoms with van der Waals surface area (Å²) in [6, 6.07) is -1.10. The molecule has 0 radical (unpaired) electrons. The number of ketones is 1. The summed E-state index contributed by atoms with van der Waals surface area (Å²) in [5, 5.41) is 75.1. The molecule has 2 saturated heterocycles. The first-order chi connectivity index (χ1) is 25.6. The number of aliphatic hydroxyl groups excluding tert-OH is 5. The van der Waals surface area contributed by atoms with Crippen LogP contribution >= 0.6 is 0 Å². The zero-order valence-corrected chi connectivity index (χ0v) is 31.5. The topological polar surface area (TPSA) is 256 Å². The number of allylic oxidation sites excluding steroid dienone is 6. The number of hydrogen-bond donors (Lipinski definition) is 8. The van der Waals surface area contributed by atoms with E-state index in [9.17, 15) is 50.1 Å². The van der Waals surface area contributed by atoms with Gasteiger partial charge >= 0.3 is 11.9 Å². The van der Waals surface area contributed by atoms with Crippen LogP contribution in [-0.2, 0) is 33.3 Å². The molecule has 306 valence electrons. The number of hydrogen-bond acceptors (Lipinski definition) is 14. The second-order valence-corrected chi connectivity index (χ2v) is 14.7. The van der Waals surface area contributed by atoms with Gasteiger partial charge in [0.2, 0.25) is 0 Å². The van der Waals surface area contributed by atoms with E-state index in [1.165, 1.54) is 0 Å². The predicted molar refractivity (Wildman–Crippen MR) is 195 cm³/mol. The molecular formula is C39H61NO14. The number of ether oxygens (including phenoxy) is 4. The molecule has 0 saturated carbocycles. The predicted octanol–water partition coefficient (Wildman–Crippen LogP) is 1.70. The smallest absolute Gasteiger partial charge is 0.311 e. The highest BCUT2D eigenvalue weighted by atomic mass is 16.7. The van der Waals surface area contributed by atoms with Crippen LogP contribution in [0.25, 0.3) is 0 Å². The first-order valence-corrected chi connectivity index (χ1v) is 19.1. The lowest BCUT2D eigenvalue weighted by atomic mass is 9.83. The van der Waals surface area contributed by atoms with Gasteiger partial charge in [0, 0.05) is 38.5 Å². The summed E-state index contributed by atoms with van der Waals surface area (Å²) in [5.74, 6) is -6.81. The van der Waals surface area contributed by atoms with Gasteiger partial charge in [-0.1, -0.05) is 68.9 Å². The van der Waals surface area contributed by atoms with Crippen LogP contribution in [0.4, 0.5) is 0 Å². The second-order valence-electron chi connectivity index (χ2n) is 14.7. The Labute approximate surface area is 317 Å². The lowest BCUT2D eigenvalue weighted by Gasteiger charge is -2.45. The van der Waals surface area contributed by atoms with Crippen LogP contribution in [0.1, 0.15) is 91.4 Å². The molecule has 54 heavy (non-hydrogen) atoms. The van der Waals surface area contributed by atoms with Crippen molar-refractivity contribution in [1.29, 1.82) is 0 Å². The van der Waals surface area contributed by atoms with Gasteiger partial charge in [-0.2, -0.15) is 0 Å². The highest BCUT2D eigenvalue weighted by Gasteiger charge is 2.50. The van der Waals surface area contributed by atoms with Gasteiger partial charge in [-0.3, -0.25) is 14.4 Å². The van der Waals surface area contributed by atoms with Crippen LogP contribution in [0.15, 0.2) is 48.6 Å². The number of carbonyl (C=O) groups is 3. The van der Waals surface area contributed by atoms with E-state index in [4.69, 9.17) is 24.7 Å². The SMILES string of the molecule is CCCC1CC=CC=CC=CC=CC(OC2OC(C)C(O)C(N)C2O)CC2OC(O)(CC(O)CCCC(=O)CC(O)C(CC)C(=O)O1)CC(O)C2C(=O)O. The number of esters is 1. The number of nitrogens with two attached hydrogens (primary N) is 1. The van der Waals surface area contributed by atoms with Gasteiger partial charge in [0.15, 0.2) is 12.1 Å². The molecule has 14 atom stereocenters. The molecule has 0 aromatic rings. The van der Waals surface area contributed by atoms with Crippen LogP contribution in [-0.4, -0.2) is 127 Å². The van der Waals surface area contributed by atoms with Gasteiger partial charge in [-0.25, -0.2) is 0 Å². The average molecular weight is 768 g/mol. The van der Waals surface area contributed by atoms with Crippen molar-refractivity contribution in [2.45, 2.75) is 164 Å². The summed E-state index contributed by atoms with van der Waals surface area (Å²) < 4.78 is 23.4. The Morgan fingerprint density at radius 3 is 2.33 bits per heavy atom. The number of aliphatic carboxylic acids is 1. The maximum absolute atomic E-state index is 13.0. The number of rotatable bonds is 6. The van der Waals surface area contributed by atoms with E-state index >= 15 is 0 Å². The number of cyclic esters (lactones) is 1. The molecule has 0 aliphatic carbocycles. The van der Waals surface area contributed by atoms with Crippen molar-refractivity contribution in [3.05, 3.63) is 48.6 Å². The van der Waals surface area contributed by atoms with E-state index in [-0.39, 0.29) is 44.3 Å². The van der Waals surface area contributed by atoms with Crippen molar-refractivity contribution in [1.82, 2.24) is 0 Å². The fourth-order valence-electron chi connectivity index (χ4n) is 7.15. The largest absolute Gasteiger partial charge is 0.481 e. The van der Waals surface area contributed by atoms with E-state index in [1.54, 1.807) is 56.4 Å². The Balaban J connectivity index is 1.90. The average Bonchev–Trinajstić information content (AvgIpc) is 3.08. The number of aliphatic hydroxyl groups is 6. The van der Waals surface area contributed by atoms with E-state index in [0.717, 1.165) is 6.42 Å².